The van der Waals surface area contributed by atoms with Crippen LogP contribution in [0.4, 0.5) is 15.8 Å². The number of carbonyl (C=O) groups excluding carboxylic acids is 1. The molecule has 1 amide bonds. The molecule has 1 aromatic rings. The van der Waals surface area contributed by atoms with Gasteiger partial charge in [0.15, 0.2) is 0 Å². The van der Waals surface area contributed by atoms with E-state index in [1.807, 2.05) is 13.8 Å². The molecule has 7 heteroatoms. The van der Waals surface area contributed by atoms with Crippen molar-refractivity contribution in [2.45, 2.75) is 46.1 Å². The van der Waals surface area contributed by atoms with Crippen molar-refractivity contribution >= 4 is 42.1 Å². The van der Waals surface area contributed by atoms with Crippen LogP contribution in [0.5, 0.6) is 0 Å². The maximum Gasteiger partial charge on any atom is 0.224 e. The summed E-state index contributed by atoms with van der Waals surface area (Å²) in [5, 5.41) is 9.45. The van der Waals surface area contributed by atoms with Gasteiger partial charge in [-0.05, 0) is 69.8 Å². The van der Waals surface area contributed by atoms with Gasteiger partial charge < -0.3 is 16.0 Å². The highest BCUT2D eigenvalue weighted by atomic mass is 35.5. The van der Waals surface area contributed by atoms with Crippen molar-refractivity contribution in [2.24, 2.45) is 11.8 Å². The van der Waals surface area contributed by atoms with Gasteiger partial charge in [-0.3, -0.25) is 4.79 Å². The Balaban J connectivity index is 0.00000288. The van der Waals surface area contributed by atoms with Crippen molar-refractivity contribution in [1.82, 2.24) is 5.32 Å². The molecule has 0 aliphatic carbocycles. The van der Waals surface area contributed by atoms with Gasteiger partial charge in [-0.2, -0.15) is 0 Å². The van der Waals surface area contributed by atoms with Crippen LogP contribution in [0, 0.1) is 17.7 Å². The first-order valence-corrected chi connectivity index (χ1v) is 8.52. The maximum absolute atomic E-state index is 13.4. The standard InChI is InChI=1S/C18H28FN3O.2ClH/c1-12(2)21-17-11-15(19)4-5-16(17)22-18(23)10-13(3)14-6-8-20-9-7-14;;/h4-5,11-14,20-21H,6-10H2,1-3H3,(H,22,23);2*1H. The molecule has 1 aromatic carbocycles. The second-order valence-electron chi connectivity index (χ2n) is 6.81. The number of halogens is 3. The van der Waals surface area contributed by atoms with E-state index in [2.05, 4.69) is 22.9 Å². The minimum Gasteiger partial charge on any atom is -0.381 e. The summed E-state index contributed by atoms with van der Waals surface area (Å²) in [5.41, 5.74) is 1.27. The van der Waals surface area contributed by atoms with Crippen LogP contribution in [-0.4, -0.2) is 25.0 Å². The first kappa shape index (κ1) is 24.0. The number of anilines is 2. The third-order valence-corrected chi connectivity index (χ3v) is 4.40. The zero-order valence-electron chi connectivity index (χ0n) is 15.1. The molecule has 0 aromatic heterocycles. The Bertz CT molecular complexity index is 537. The molecule has 0 spiro atoms. The number of carbonyl (C=O) groups is 1. The molecule has 1 atom stereocenters. The van der Waals surface area contributed by atoms with E-state index in [-0.39, 0.29) is 42.6 Å². The fourth-order valence-electron chi connectivity index (χ4n) is 3.13. The Morgan fingerprint density at radius 3 is 2.44 bits per heavy atom. The zero-order valence-corrected chi connectivity index (χ0v) is 16.7. The van der Waals surface area contributed by atoms with Crippen LogP contribution < -0.4 is 16.0 Å². The van der Waals surface area contributed by atoms with Gasteiger partial charge in [0.2, 0.25) is 5.91 Å². The molecule has 4 nitrogen and oxygen atoms in total. The van der Waals surface area contributed by atoms with Crippen LogP contribution >= 0.6 is 24.8 Å². The molecule has 25 heavy (non-hydrogen) atoms. The van der Waals surface area contributed by atoms with Gasteiger partial charge in [0.1, 0.15) is 5.82 Å². The highest BCUT2D eigenvalue weighted by Gasteiger charge is 2.22. The molecule has 0 saturated carbocycles. The van der Waals surface area contributed by atoms with Crippen LogP contribution in [0.15, 0.2) is 18.2 Å². The van der Waals surface area contributed by atoms with Gasteiger partial charge >= 0.3 is 0 Å². The molecule has 0 bridgehead atoms. The molecular formula is C18H30Cl2FN3O. The van der Waals surface area contributed by atoms with Crippen LogP contribution in [0.25, 0.3) is 0 Å². The number of piperidine rings is 1. The topological polar surface area (TPSA) is 53.2 Å². The number of rotatable bonds is 6. The number of hydrogen-bond acceptors (Lipinski definition) is 3. The van der Waals surface area contributed by atoms with Crippen molar-refractivity contribution in [2.75, 3.05) is 23.7 Å². The fourth-order valence-corrected chi connectivity index (χ4v) is 3.13. The van der Waals surface area contributed by atoms with Crippen molar-refractivity contribution in [3.8, 4) is 0 Å². The average Bonchev–Trinajstić information content (AvgIpc) is 2.50. The minimum absolute atomic E-state index is 0. The predicted molar refractivity (Wildman–Crippen MR) is 108 cm³/mol. The fraction of sp³-hybridized carbons (Fsp3) is 0.611. The first-order chi connectivity index (χ1) is 11.0. The Kier molecular flexibility index (Phi) is 11.1. The van der Waals surface area contributed by atoms with Gasteiger partial charge in [-0.15, -0.1) is 24.8 Å². The van der Waals surface area contributed by atoms with E-state index in [0.29, 0.717) is 29.6 Å². The van der Waals surface area contributed by atoms with Gasteiger partial charge in [0.05, 0.1) is 11.4 Å². The Hall–Kier alpha value is -1.04. The van der Waals surface area contributed by atoms with Crippen LogP contribution in [0.1, 0.15) is 40.0 Å². The summed E-state index contributed by atoms with van der Waals surface area (Å²) in [6.45, 7) is 8.19. The van der Waals surface area contributed by atoms with Gasteiger partial charge in [-0.1, -0.05) is 6.92 Å². The largest absolute Gasteiger partial charge is 0.381 e. The quantitative estimate of drug-likeness (QED) is 0.668. The normalized spacial score (nSPS) is 15.7. The van der Waals surface area contributed by atoms with E-state index < -0.39 is 0 Å². The van der Waals surface area contributed by atoms with Crippen molar-refractivity contribution in [1.29, 1.82) is 0 Å². The molecule has 1 heterocycles. The second kappa shape index (κ2) is 11.6. The second-order valence-corrected chi connectivity index (χ2v) is 6.81. The lowest BCUT2D eigenvalue weighted by atomic mass is 9.84. The number of hydrogen-bond donors (Lipinski definition) is 3. The van der Waals surface area contributed by atoms with Crippen LogP contribution in [0.2, 0.25) is 0 Å². The molecular weight excluding hydrogens is 364 g/mol. The van der Waals surface area contributed by atoms with E-state index in [4.69, 9.17) is 0 Å². The molecule has 1 aliphatic rings. The van der Waals surface area contributed by atoms with E-state index >= 15 is 0 Å². The zero-order chi connectivity index (χ0) is 16.8. The van der Waals surface area contributed by atoms with E-state index in [0.717, 1.165) is 25.9 Å². The molecule has 1 unspecified atom stereocenters. The Labute approximate surface area is 162 Å². The lowest BCUT2D eigenvalue weighted by Crippen LogP contribution is -2.32. The average molecular weight is 394 g/mol. The SMILES string of the molecule is CC(C)Nc1cc(F)ccc1NC(=O)CC(C)C1CCNCC1.Cl.Cl. The predicted octanol–water partition coefficient (Wildman–Crippen LogP) is 4.45. The summed E-state index contributed by atoms with van der Waals surface area (Å²) in [7, 11) is 0. The molecule has 1 aliphatic heterocycles. The lowest BCUT2D eigenvalue weighted by Gasteiger charge is -2.28. The summed E-state index contributed by atoms with van der Waals surface area (Å²) in [6, 6.07) is 4.58. The monoisotopic (exact) mass is 393 g/mol. The first-order valence-electron chi connectivity index (χ1n) is 8.52. The molecule has 2 rings (SSSR count). The van der Waals surface area contributed by atoms with E-state index in [1.54, 1.807) is 6.07 Å². The number of amides is 1. The van der Waals surface area contributed by atoms with E-state index in [1.165, 1.54) is 12.1 Å². The minimum atomic E-state index is -0.311. The third kappa shape index (κ3) is 7.80. The molecule has 1 saturated heterocycles. The molecule has 0 radical (unpaired) electrons. The summed E-state index contributed by atoms with van der Waals surface area (Å²) >= 11 is 0. The summed E-state index contributed by atoms with van der Waals surface area (Å²) in [5.74, 6) is 0.645. The highest BCUT2D eigenvalue weighted by Crippen LogP contribution is 2.27. The highest BCUT2D eigenvalue weighted by molar-refractivity contribution is 5.94. The van der Waals surface area contributed by atoms with Crippen molar-refractivity contribution in [3.05, 3.63) is 24.0 Å². The molecule has 3 N–H and O–H groups in total. The van der Waals surface area contributed by atoms with E-state index in [9.17, 15) is 9.18 Å². The lowest BCUT2D eigenvalue weighted by molar-refractivity contribution is -0.117. The van der Waals surface area contributed by atoms with Crippen LogP contribution in [0.3, 0.4) is 0 Å². The van der Waals surface area contributed by atoms with Crippen molar-refractivity contribution < 1.29 is 9.18 Å². The molecule has 1 fully saturated rings. The summed E-state index contributed by atoms with van der Waals surface area (Å²) in [4.78, 5) is 12.3. The van der Waals surface area contributed by atoms with Gasteiger partial charge in [-0.25, -0.2) is 4.39 Å². The van der Waals surface area contributed by atoms with Gasteiger partial charge in [0, 0.05) is 12.5 Å². The third-order valence-electron chi connectivity index (χ3n) is 4.40. The summed E-state index contributed by atoms with van der Waals surface area (Å²) < 4.78 is 13.4. The smallest absolute Gasteiger partial charge is 0.224 e. The summed E-state index contributed by atoms with van der Waals surface area (Å²) in [6.07, 6.45) is 2.76. The number of nitrogens with one attached hydrogen (secondary N) is 3. The van der Waals surface area contributed by atoms with Gasteiger partial charge in [0.25, 0.3) is 0 Å². The maximum atomic E-state index is 13.4. The van der Waals surface area contributed by atoms with Crippen LogP contribution in [-0.2, 0) is 4.79 Å². The Morgan fingerprint density at radius 2 is 1.84 bits per heavy atom. The molecule has 144 valence electrons. The van der Waals surface area contributed by atoms with Crippen molar-refractivity contribution in [3.63, 3.8) is 0 Å². The number of benzene rings is 1. The Morgan fingerprint density at radius 1 is 1.20 bits per heavy atom.